The Bertz CT molecular complexity index is 889. The average Bonchev–Trinajstić information content (AvgIpc) is 2.86. The molecule has 1 N–H and O–H groups in total. The summed E-state index contributed by atoms with van der Waals surface area (Å²) in [6.07, 6.45) is 0. The quantitative estimate of drug-likeness (QED) is 0.701. The summed E-state index contributed by atoms with van der Waals surface area (Å²) in [7, 11) is 1.34. The van der Waals surface area contributed by atoms with Crippen LogP contribution in [0.2, 0.25) is 5.02 Å². The zero-order valence-corrected chi connectivity index (χ0v) is 13.4. The van der Waals surface area contributed by atoms with E-state index in [1.807, 2.05) is 0 Å². The molecule has 0 spiro atoms. The van der Waals surface area contributed by atoms with Crippen molar-refractivity contribution in [3.63, 3.8) is 0 Å². The Hall–Kier alpha value is -2.31. The third-order valence-electron chi connectivity index (χ3n) is 3.14. The number of carbonyl (C=O) groups is 1. The number of rotatable bonds is 4. The summed E-state index contributed by atoms with van der Waals surface area (Å²) in [6, 6.07) is 9.17. The number of thiophene rings is 1. The maximum absolute atomic E-state index is 13.8. The van der Waals surface area contributed by atoms with Crippen molar-refractivity contribution >= 4 is 39.0 Å². The van der Waals surface area contributed by atoms with Crippen molar-refractivity contribution < 1.29 is 23.8 Å². The fraction of sp³-hybridized carbons (Fsp3) is 0.0625. The number of halogens is 2. The average molecular weight is 353 g/mol. The van der Waals surface area contributed by atoms with Gasteiger partial charge in [-0.15, -0.1) is 11.3 Å². The molecule has 0 fully saturated rings. The van der Waals surface area contributed by atoms with E-state index in [1.165, 1.54) is 19.2 Å². The van der Waals surface area contributed by atoms with Crippen LogP contribution in [0, 0.1) is 5.82 Å². The molecule has 3 aromatic rings. The Labute approximate surface area is 139 Å². The Morgan fingerprint density at radius 1 is 1.26 bits per heavy atom. The lowest BCUT2D eigenvalue weighted by Crippen LogP contribution is -1.95. The number of aromatic carboxylic acids is 1. The molecule has 118 valence electrons. The molecule has 0 saturated carbocycles. The van der Waals surface area contributed by atoms with Gasteiger partial charge in [-0.3, -0.25) is 0 Å². The smallest absolute Gasteiger partial charge is 0.349 e. The number of methoxy groups -OCH3 is 1. The maximum Gasteiger partial charge on any atom is 0.349 e. The molecule has 1 heterocycles. The molecule has 0 aliphatic heterocycles. The highest BCUT2D eigenvalue weighted by Crippen LogP contribution is 2.42. The number of carboxylic acid groups (broad SMARTS) is 1. The molecule has 0 aliphatic carbocycles. The van der Waals surface area contributed by atoms with E-state index in [-0.39, 0.29) is 16.4 Å². The van der Waals surface area contributed by atoms with Gasteiger partial charge < -0.3 is 14.6 Å². The monoisotopic (exact) mass is 352 g/mol. The molecule has 7 heteroatoms. The molecular weight excluding hydrogens is 343 g/mol. The molecule has 0 radical (unpaired) electrons. The molecule has 0 saturated heterocycles. The highest BCUT2D eigenvalue weighted by molar-refractivity contribution is 7.21. The van der Waals surface area contributed by atoms with Crippen molar-refractivity contribution in [1.82, 2.24) is 0 Å². The van der Waals surface area contributed by atoms with Gasteiger partial charge in [0.15, 0.2) is 22.2 Å². The standard InChI is InChI=1S/C16H10ClFO4S/c1-21-12-6-10-13(7-11(12)18)23-15(16(19)20)14(10)22-9-4-2-8(17)3-5-9/h2-7H,1H3,(H,19,20). The van der Waals surface area contributed by atoms with E-state index >= 15 is 0 Å². The first kappa shape index (κ1) is 15.6. The minimum absolute atomic E-state index is 0.0115. The molecule has 0 unspecified atom stereocenters. The van der Waals surface area contributed by atoms with Crippen molar-refractivity contribution in [3.05, 3.63) is 52.1 Å². The van der Waals surface area contributed by atoms with Gasteiger partial charge >= 0.3 is 5.97 Å². The maximum atomic E-state index is 13.8. The second-order valence-electron chi connectivity index (χ2n) is 4.60. The van der Waals surface area contributed by atoms with Crippen molar-refractivity contribution in [2.24, 2.45) is 0 Å². The van der Waals surface area contributed by atoms with Crippen molar-refractivity contribution in [1.29, 1.82) is 0 Å². The molecule has 0 atom stereocenters. The summed E-state index contributed by atoms with van der Waals surface area (Å²) >= 11 is 6.76. The van der Waals surface area contributed by atoms with Gasteiger partial charge in [0.2, 0.25) is 0 Å². The SMILES string of the molecule is COc1cc2c(Oc3ccc(Cl)cc3)c(C(=O)O)sc2cc1F. The van der Waals surface area contributed by atoms with E-state index in [0.29, 0.717) is 20.9 Å². The van der Waals surface area contributed by atoms with Crippen LogP contribution >= 0.6 is 22.9 Å². The van der Waals surface area contributed by atoms with Crippen molar-refractivity contribution in [2.75, 3.05) is 7.11 Å². The van der Waals surface area contributed by atoms with Crippen LogP contribution in [0.4, 0.5) is 4.39 Å². The van der Waals surface area contributed by atoms with Crippen LogP contribution in [0.25, 0.3) is 10.1 Å². The van der Waals surface area contributed by atoms with Gasteiger partial charge in [0.1, 0.15) is 5.75 Å². The minimum Gasteiger partial charge on any atom is -0.494 e. The molecule has 4 nitrogen and oxygen atoms in total. The normalized spacial score (nSPS) is 10.7. The van der Waals surface area contributed by atoms with Gasteiger partial charge in [0, 0.05) is 15.1 Å². The van der Waals surface area contributed by atoms with Gasteiger partial charge in [0.25, 0.3) is 0 Å². The van der Waals surface area contributed by atoms with E-state index in [0.717, 1.165) is 11.3 Å². The topological polar surface area (TPSA) is 55.8 Å². The molecule has 2 aromatic carbocycles. The van der Waals surface area contributed by atoms with E-state index in [2.05, 4.69) is 0 Å². The van der Waals surface area contributed by atoms with E-state index in [9.17, 15) is 14.3 Å². The molecule has 23 heavy (non-hydrogen) atoms. The first-order valence-corrected chi connectivity index (χ1v) is 7.66. The Morgan fingerprint density at radius 2 is 1.96 bits per heavy atom. The van der Waals surface area contributed by atoms with Crippen LogP contribution in [0.3, 0.4) is 0 Å². The summed E-state index contributed by atoms with van der Waals surface area (Å²) in [5, 5.41) is 10.4. The van der Waals surface area contributed by atoms with Gasteiger partial charge in [0.05, 0.1) is 7.11 Å². The van der Waals surface area contributed by atoms with Crippen LogP contribution in [0.15, 0.2) is 36.4 Å². The minimum atomic E-state index is -1.14. The predicted octanol–water partition coefficient (Wildman–Crippen LogP) is 5.19. The van der Waals surface area contributed by atoms with E-state index in [1.54, 1.807) is 24.3 Å². The lowest BCUT2D eigenvalue weighted by molar-refractivity contribution is 0.0700. The summed E-state index contributed by atoms with van der Waals surface area (Å²) in [5.74, 6) is -1.10. The molecule has 0 amide bonds. The summed E-state index contributed by atoms with van der Waals surface area (Å²) < 4.78 is 24.9. The lowest BCUT2D eigenvalue weighted by atomic mass is 10.2. The second-order valence-corrected chi connectivity index (χ2v) is 6.09. The lowest BCUT2D eigenvalue weighted by Gasteiger charge is -2.07. The molecule has 0 bridgehead atoms. The van der Waals surface area contributed by atoms with Crippen LogP contribution in [0.5, 0.6) is 17.2 Å². The molecular formula is C16H10ClFO4S. The number of benzene rings is 2. The second kappa shape index (κ2) is 6.06. The summed E-state index contributed by atoms with van der Waals surface area (Å²) in [6.45, 7) is 0. The highest BCUT2D eigenvalue weighted by Gasteiger charge is 2.22. The number of hydrogen-bond donors (Lipinski definition) is 1. The van der Waals surface area contributed by atoms with Crippen molar-refractivity contribution in [2.45, 2.75) is 0 Å². The number of fused-ring (bicyclic) bond motifs is 1. The number of carboxylic acids is 1. The van der Waals surface area contributed by atoms with E-state index in [4.69, 9.17) is 21.1 Å². The Balaban J connectivity index is 2.17. The number of hydrogen-bond acceptors (Lipinski definition) is 4. The summed E-state index contributed by atoms with van der Waals surface area (Å²) in [4.78, 5) is 11.4. The molecule has 1 aromatic heterocycles. The fourth-order valence-corrected chi connectivity index (χ4v) is 3.20. The van der Waals surface area contributed by atoms with Gasteiger partial charge in [-0.1, -0.05) is 11.6 Å². The first-order valence-electron chi connectivity index (χ1n) is 6.46. The number of ether oxygens (including phenoxy) is 2. The fourth-order valence-electron chi connectivity index (χ4n) is 2.09. The Morgan fingerprint density at radius 3 is 2.57 bits per heavy atom. The van der Waals surface area contributed by atoms with Crippen molar-refractivity contribution in [3.8, 4) is 17.2 Å². The van der Waals surface area contributed by atoms with Gasteiger partial charge in [-0.25, -0.2) is 9.18 Å². The summed E-state index contributed by atoms with van der Waals surface area (Å²) in [5.41, 5.74) is 0. The Kier molecular flexibility index (Phi) is 4.11. The van der Waals surface area contributed by atoms with Gasteiger partial charge in [-0.05, 0) is 36.4 Å². The predicted molar refractivity (Wildman–Crippen MR) is 86.8 cm³/mol. The van der Waals surface area contributed by atoms with Crippen LogP contribution < -0.4 is 9.47 Å². The highest BCUT2D eigenvalue weighted by atomic mass is 35.5. The molecule has 0 aliphatic rings. The van der Waals surface area contributed by atoms with Crippen LogP contribution in [-0.2, 0) is 0 Å². The third kappa shape index (κ3) is 2.95. The third-order valence-corrected chi connectivity index (χ3v) is 4.52. The largest absolute Gasteiger partial charge is 0.494 e. The molecule has 3 rings (SSSR count). The van der Waals surface area contributed by atoms with Crippen LogP contribution in [-0.4, -0.2) is 18.2 Å². The van der Waals surface area contributed by atoms with Crippen LogP contribution in [0.1, 0.15) is 9.67 Å². The zero-order chi connectivity index (χ0) is 16.6. The first-order chi connectivity index (χ1) is 11.0. The van der Waals surface area contributed by atoms with Gasteiger partial charge in [-0.2, -0.15) is 0 Å². The van der Waals surface area contributed by atoms with E-state index < -0.39 is 11.8 Å². The zero-order valence-electron chi connectivity index (χ0n) is 11.8.